The second-order valence-corrected chi connectivity index (χ2v) is 10.4. The highest BCUT2D eigenvalue weighted by Crippen LogP contribution is 2.35. The number of carbonyl (C=O) groups is 4. The molecule has 15 nitrogen and oxygen atoms in total. The summed E-state index contributed by atoms with van der Waals surface area (Å²) in [5, 5.41) is 2.41. The lowest BCUT2D eigenvalue weighted by Crippen LogP contribution is -2.55. The molecule has 1 amide bonds. The van der Waals surface area contributed by atoms with Gasteiger partial charge in [0, 0.05) is 0 Å². The summed E-state index contributed by atoms with van der Waals surface area (Å²) >= 11 is 0. The van der Waals surface area contributed by atoms with E-state index < -0.39 is 67.2 Å². The van der Waals surface area contributed by atoms with Crippen LogP contribution in [0.3, 0.4) is 0 Å². The van der Waals surface area contributed by atoms with Gasteiger partial charge in [0.25, 0.3) is 5.91 Å². The number of hydrogen-bond acceptors (Lipinski definition) is 13. The highest BCUT2D eigenvalue weighted by atomic mass is 19.2. The number of aromatic nitrogens is 2. The molecule has 7 N–H and O–H groups in total. The predicted octanol–water partition coefficient (Wildman–Crippen LogP) is -0.0177. The van der Waals surface area contributed by atoms with E-state index in [1.165, 1.54) is 10.9 Å². The fraction of sp³-hybridized carbons (Fsp3) is 0.720. The smallest absolute Gasteiger partial charge is 0.351 e. The SMILES string of the molecule is CC[C@H](C)[C@H](N)C(=O)OC[C@@H](OC(=O)[C@@H](N)[C@@H](C)CC)C(=O)OC[C@@H]1CC[C@H](n2cnc3c2N(F)C(N)NC3=O)O1. The Bertz CT molecular complexity index is 1100. The van der Waals surface area contributed by atoms with Crippen LogP contribution in [0.4, 0.5) is 10.3 Å². The van der Waals surface area contributed by atoms with Gasteiger partial charge in [-0.3, -0.25) is 24.7 Å². The molecule has 0 aliphatic carbocycles. The van der Waals surface area contributed by atoms with Gasteiger partial charge in [0.05, 0.1) is 12.4 Å². The van der Waals surface area contributed by atoms with Gasteiger partial charge in [-0.05, 0) is 24.7 Å². The molecular formula is C25H40FN7O8. The molecule has 2 aliphatic rings. The molecular weight excluding hydrogens is 545 g/mol. The Morgan fingerprint density at radius 1 is 1.10 bits per heavy atom. The largest absolute Gasteiger partial charge is 0.460 e. The summed E-state index contributed by atoms with van der Waals surface area (Å²) in [6.45, 7) is 6.42. The standard InChI is InChI=1S/C25H40FN7O8/c1-5-12(3)17(27)23(36)39-10-15(41-24(37)18(28)13(4)6-2)22(35)38-9-14-7-8-16(40-14)32-11-30-19-20(34)31-25(29)33(26)21(19)32/h11-18,25H,5-10,27-29H2,1-4H3,(H,31,34)/t12-,13-,14-,15+,16+,17-,18-,25?/m0/s1. The van der Waals surface area contributed by atoms with Crippen molar-refractivity contribution in [2.75, 3.05) is 18.3 Å². The van der Waals surface area contributed by atoms with E-state index in [4.69, 9.17) is 36.1 Å². The van der Waals surface area contributed by atoms with E-state index in [1.54, 1.807) is 13.8 Å². The lowest BCUT2D eigenvalue weighted by molar-refractivity contribution is -0.178. The maximum atomic E-state index is 14.6. The Labute approximate surface area is 237 Å². The maximum Gasteiger partial charge on any atom is 0.351 e. The van der Waals surface area contributed by atoms with Crippen LogP contribution in [0.5, 0.6) is 0 Å². The number of ether oxygens (including phenoxy) is 4. The van der Waals surface area contributed by atoms with E-state index in [9.17, 15) is 23.7 Å². The fourth-order valence-corrected chi connectivity index (χ4v) is 4.21. The third-order valence-electron chi connectivity index (χ3n) is 7.47. The first kappa shape index (κ1) is 32.2. The van der Waals surface area contributed by atoms with Crippen LogP contribution in [0.25, 0.3) is 0 Å². The zero-order valence-corrected chi connectivity index (χ0v) is 23.7. The number of nitrogens with two attached hydrogens (primary N) is 3. The average Bonchev–Trinajstić information content (AvgIpc) is 3.62. The minimum atomic E-state index is -1.58. The molecule has 8 atom stereocenters. The number of hydrogen-bond donors (Lipinski definition) is 4. The number of carbonyl (C=O) groups excluding carboxylic acids is 4. The Morgan fingerprint density at radius 2 is 1.73 bits per heavy atom. The quantitative estimate of drug-likeness (QED) is 0.136. The Hall–Kier alpha value is -3.34. The highest BCUT2D eigenvalue weighted by molar-refractivity contribution is 5.99. The number of fused-ring (bicyclic) bond motifs is 1. The summed E-state index contributed by atoms with van der Waals surface area (Å²) in [5.41, 5.74) is 17.3. The molecule has 0 aromatic carbocycles. The number of amides is 1. The lowest BCUT2D eigenvalue weighted by atomic mass is 10.0. The summed E-state index contributed by atoms with van der Waals surface area (Å²) in [4.78, 5) is 53.9. The van der Waals surface area contributed by atoms with Crippen LogP contribution >= 0.6 is 0 Å². The normalized spacial score (nSPS) is 24.0. The molecule has 0 bridgehead atoms. The number of anilines is 1. The third kappa shape index (κ3) is 7.49. The van der Waals surface area contributed by atoms with E-state index in [0.29, 0.717) is 25.7 Å². The summed E-state index contributed by atoms with van der Waals surface area (Å²) < 4.78 is 37.7. The second-order valence-electron chi connectivity index (χ2n) is 10.4. The van der Waals surface area contributed by atoms with Crippen molar-refractivity contribution in [2.45, 2.75) is 90.2 Å². The average molecular weight is 586 g/mol. The number of esters is 3. The zero-order chi connectivity index (χ0) is 30.4. The van der Waals surface area contributed by atoms with Gasteiger partial charge in [0.2, 0.25) is 6.10 Å². The number of rotatable bonds is 13. The van der Waals surface area contributed by atoms with Crippen molar-refractivity contribution in [1.82, 2.24) is 14.9 Å². The molecule has 1 aromatic heterocycles. The van der Waals surface area contributed by atoms with Crippen LogP contribution in [0.2, 0.25) is 0 Å². The van der Waals surface area contributed by atoms with Crippen LogP contribution < -0.4 is 27.6 Å². The van der Waals surface area contributed by atoms with Crippen molar-refractivity contribution in [2.24, 2.45) is 29.0 Å². The van der Waals surface area contributed by atoms with Crippen LogP contribution in [0.15, 0.2) is 6.33 Å². The summed E-state index contributed by atoms with van der Waals surface area (Å²) in [6.07, 6.45) is -0.981. The zero-order valence-electron chi connectivity index (χ0n) is 23.7. The van der Waals surface area contributed by atoms with Crippen LogP contribution in [-0.2, 0) is 33.3 Å². The summed E-state index contributed by atoms with van der Waals surface area (Å²) in [7, 11) is 0. The first-order chi connectivity index (χ1) is 19.4. The predicted molar refractivity (Wildman–Crippen MR) is 141 cm³/mol. The van der Waals surface area contributed by atoms with Gasteiger partial charge in [-0.25, -0.2) is 9.78 Å². The fourth-order valence-electron chi connectivity index (χ4n) is 4.21. The van der Waals surface area contributed by atoms with E-state index in [2.05, 4.69) is 10.3 Å². The summed E-state index contributed by atoms with van der Waals surface area (Å²) in [5.74, 6) is -3.72. The Balaban J connectivity index is 1.62. The van der Waals surface area contributed by atoms with E-state index in [0.717, 1.165) is 0 Å². The molecule has 1 saturated heterocycles. The van der Waals surface area contributed by atoms with Crippen molar-refractivity contribution < 1.29 is 42.6 Å². The molecule has 3 rings (SSSR count). The first-order valence-corrected chi connectivity index (χ1v) is 13.7. The van der Waals surface area contributed by atoms with Crippen LogP contribution in [0.1, 0.15) is 70.1 Å². The van der Waals surface area contributed by atoms with Gasteiger partial charge >= 0.3 is 17.9 Å². The Morgan fingerprint density at radius 3 is 2.37 bits per heavy atom. The van der Waals surface area contributed by atoms with Gasteiger partial charge in [0.1, 0.15) is 31.5 Å². The monoisotopic (exact) mass is 585 g/mol. The van der Waals surface area contributed by atoms with Crippen molar-refractivity contribution in [1.29, 1.82) is 0 Å². The summed E-state index contributed by atoms with van der Waals surface area (Å²) in [6, 6.07) is -1.92. The van der Waals surface area contributed by atoms with Gasteiger partial charge in [-0.15, -0.1) is 0 Å². The van der Waals surface area contributed by atoms with Crippen LogP contribution in [-0.4, -0.2) is 77.2 Å². The molecule has 1 unspecified atom stereocenters. The topological polar surface area (TPSA) is 216 Å². The number of halogens is 1. The van der Waals surface area contributed by atoms with E-state index in [-0.39, 0.29) is 35.1 Å². The second kappa shape index (κ2) is 14.0. The molecule has 1 aromatic rings. The third-order valence-corrected chi connectivity index (χ3v) is 7.47. The molecule has 3 heterocycles. The molecule has 230 valence electrons. The van der Waals surface area contributed by atoms with Crippen molar-refractivity contribution in [3.8, 4) is 0 Å². The van der Waals surface area contributed by atoms with Crippen molar-refractivity contribution in [3.05, 3.63) is 12.0 Å². The molecule has 0 spiro atoms. The minimum absolute atomic E-state index is 0.143. The van der Waals surface area contributed by atoms with E-state index in [1.807, 2.05) is 13.8 Å². The Kier molecular flexibility index (Phi) is 11.0. The number of nitrogens with one attached hydrogen (secondary N) is 1. The minimum Gasteiger partial charge on any atom is -0.460 e. The van der Waals surface area contributed by atoms with Gasteiger partial charge in [-0.2, -0.15) is 5.12 Å². The van der Waals surface area contributed by atoms with Crippen molar-refractivity contribution in [3.63, 3.8) is 0 Å². The lowest BCUT2D eigenvalue weighted by Gasteiger charge is -2.29. The molecule has 1 fully saturated rings. The van der Waals surface area contributed by atoms with Crippen molar-refractivity contribution >= 4 is 29.6 Å². The van der Waals surface area contributed by atoms with Gasteiger partial charge in [-0.1, -0.05) is 45.0 Å². The molecule has 16 heteroatoms. The number of imidazole rings is 1. The molecule has 0 radical (unpaired) electrons. The molecule has 0 saturated carbocycles. The highest BCUT2D eigenvalue weighted by Gasteiger charge is 2.38. The molecule has 41 heavy (non-hydrogen) atoms. The van der Waals surface area contributed by atoms with E-state index >= 15 is 0 Å². The van der Waals surface area contributed by atoms with Crippen LogP contribution in [0, 0.1) is 11.8 Å². The number of nitrogens with zero attached hydrogens (tertiary/aromatic N) is 3. The maximum absolute atomic E-state index is 14.6. The van der Waals surface area contributed by atoms with Gasteiger partial charge in [0.15, 0.2) is 17.8 Å². The van der Waals surface area contributed by atoms with Gasteiger partial charge < -0.3 is 35.7 Å². The first-order valence-electron chi connectivity index (χ1n) is 13.7. The molecule has 2 aliphatic heterocycles.